The Morgan fingerprint density at radius 2 is 1.19 bits per heavy atom. The Balaban J connectivity index is 2.23. The number of imide groups is 1. The first kappa shape index (κ1) is 27.1. The fourth-order valence-corrected chi connectivity index (χ4v) is 4.29. The molecule has 178 valence electrons. The van der Waals surface area contributed by atoms with Gasteiger partial charge in [-0.2, -0.15) is 0 Å². The van der Waals surface area contributed by atoms with Crippen molar-refractivity contribution in [2.24, 2.45) is 11.8 Å². The van der Waals surface area contributed by atoms with E-state index < -0.39 is 0 Å². The molecule has 1 saturated heterocycles. The number of carbonyl (C=O) groups is 4. The highest BCUT2D eigenvalue weighted by atomic mass is 16.5. The molecule has 1 N–H and O–H groups in total. The van der Waals surface area contributed by atoms with Crippen LogP contribution in [0.5, 0.6) is 0 Å². The smallest absolute Gasteiger partial charge is 0.305 e. The normalized spacial score (nSPS) is 16.8. The number of esters is 2. The molecule has 0 aromatic rings. The largest absolute Gasteiger partial charge is 0.469 e. The lowest BCUT2D eigenvalue weighted by Gasteiger charge is -2.21. The summed E-state index contributed by atoms with van der Waals surface area (Å²) < 4.78 is 9.30. The second-order valence-electron chi connectivity index (χ2n) is 8.60. The van der Waals surface area contributed by atoms with E-state index in [-0.39, 0.29) is 35.6 Å². The van der Waals surface area contributed by atoms with Gasteiger partial charge < -0.3 is 9.47 Å². The molecule has 7 heteroatoms. The maximum Gasteiger partial charge on any atom is 0.305 e. The average molecular weight is 440 g/mol. The first-order valence-corrected chi connectivity index (χ1v) is 11.9. The van der Waals surface area contributed by atoms with Gasteiger partial charge >= 0.3 is 11.9 Å². The van der Waals surface area contributed by atoms with Crippen LogP contribution in [0.2, 0.25) is 0 Å². The van der Waals surface area contributed by atoms with E-state index >= 15 is 0 Å². The Hall–Kier alpha value is -1.92. The average Bonchev–Trinajstić information content (AvgIpc) is 3.10. The second kappa shape index (κ2) is 16.7. The summed E-state index contributed by atoms with van der Waals surface area (Å²) in [5, 5.41) is 2.46. The van der Waals surface area contributed by atoms with Crippen LogP contribution in [0, 0.1) is 11.8 Å². The summed E-state index contributed by atoms with van der Waals surface area (Å²) in [6.07, 6.45) is 14.7. The third-order valence-electron chi connectivity index (χ3n) is 6.19. The number of unbranched alkanes of at least 4 members (excludes halogenated alkanes) is 9. The van der Waals surface area contributed by atoms with Crippen LogP contribution in [-0.4, -0.2) is 38.0 Å². The molecule has 0 radical (unpaired) electrons. The zero-order valence-corrected chi connectivity index (χ0v) is 19.4. The van der Waals surface area contributed by atoms with Crippen molar-refractivity contribution in [3.63, 3.8) is 0 Å². The van der Waals surface area contributed by atoms with Crippen molar-refractivity contribution in [1.82, 2.24) is 5.32 Å². The third-order valence-corrected chi connectivity index (χ3v) is 6.19. The van der Waals surface area contributed by atoms with Gasteiger partial charge in [-0.3, -0.25) is 24.5 Å². The number of nitrogens with one attached hydrogen (secondary N) is 1. The Bertz CT molecular complexity index is 562. The molecule has 1 rings (SSSR count). The third kappa shape index (κ3) is 12.5. The molecule has 0 spiro atoms. The van der Waals surface area contributed by atoms with Crippen molar-refractivity contribution < 1.29 is 28.7 Å². The second-order valence-corrected chi connectivity index (χ2v) is 8.60. The maximum absolute atomic E-state index is 12.2. The molecule has 2 unspecified atom stereocenters. The Morgan fingerprint density at radius 1 is 0.774 bits per heavy atom. The molecular formula is C24H41NO6. The summed E-state index contributed by atoms with van der Waals surface area (Å²) in [6, 6.07) is 0. The van der Waals surface area contributed by atoms with Gasteiger partial charge in [0.2, 0.25) is 11.8 Å². The molecule has 1 aliphatic heterocycles. The zero-order chi connectivity index (χ0) is 22.9. The molecule has 0 aromatic carbocycles. The molecule has 31 heavy (non-hydrogen) atoms. The van der Waals surface area contributed by atoms with E-state index in [1.54, 1.807) is 0 Å². The van der Waals surface area contributed by atoms with E-state index in [4.69, 9.17) is 0 Å². The fraction of sp³-hybridized carbons (Fsp3) is 0.833. The first-order chi connectivity index (χ1) is 15.0. The predicted octanol–water partition coefficient (Wildman–Crippen LogP) is 4.46. The van der Waals surface area contributed by atoms with Gasteiger partial charge in [0, 0.05) is 25.2 Å². The van der Waals surface area contributed by atoms with Crippen molar-refractivity contribution >= 4 is 23.8 Å². The molecule has 1 fully saturated rings. The highest BCUT2D eigenvalue weighted by molar-refractivity contribution is 6.03. The molecule has 7 nitrogen and oxygen atoms in total. The van der Waals surface area contributed by atoms with Crippen LogP contribution in [0.25, 0.3) is 0 Å². The van der Waals surface area contributed by atoms with Crippen LogP contribution >= 0.6 is 0 Å². The molecule has 0 aliphatic carbocycles. The molecule has 2 amide bonds. The molecule has 0 saturated carbocycles. The van der Waals surface area contributed by atoms with Gasteiger partial charge in [-0.1, -0.05) is 57.8 Å². The molecule has 1 heterocycles. The van der Waals surface area contributed by atoms with Crippen molar-refractivity contribution in [3.8, 4) is 0 Å². The van der Waals surface area contributed by atoms with Gasteiger partial charge in [0.05, 0.1) is 14.2 Å². The van der Waals surface area contributed by atoms with Crippen molar-refractivity contribution in [2.45, 2.75) is 103 Å². The molecular weight excluding hydrogens is 398 g/mol. The van der Waals surface area contributed by atoms with E-state index in [0.717, 1.165) is 83.5 Å². The molecule has 0 aromatic heterocycles. The Labute approximate surface area is 187 Å². The minimum Gasteiger partial charge on any atom is -0.469 e. The van der Waals surface area contributed by atoms with Crippen LogP contribution < -0.4 is 5.32 Å². The van der Waals surface area contributed by atoms with Gasteiger partial charge in [-0.05, 0) is 31.6 Å². The van der Waals surface area contributed by atoms with Crippen LogP contribution in [-0.2, 0) is 28.7 Å². The van der Waals surface area contributed by atoms with Crippen LogP contribution in [0.1, 0.15) is 103 Å². The number of ether oxygens (including phenoxy) is 2. The van der Waals surface area contributed by atoms with Gasteiger partial charge in [-0.15, -0.1) is 0 Å². The molecule has 0 bridgehead atoms. The number of amides is 2. The monoisotopic (exact) mass is 439 g/mol. The minimum atomic E-state index is -0.174. The highest BCUT2D eigenvalue weighted by Crippen LogP contribution is 2.30. The fourth-order valence-electron chi connectivity index (χ4n) is 4.29. The standard InChI is InChI=1S/C24H41NO6/c1-30-22(27)16-12-8-4-3-6-10-14-19(20-18-21(26)25-24(20)29)15-11-7-5-9-13-17-23(28)31-2/h19-20H,3-18H2,1-2H3,(H,25,26,29). The predicted molar refractivity (Wildman–Crippen MR) is 118 cm³/mol. The van der Waals surface area contributed by atoms with Gasteiger partial charge in [0.25, 0.3) is 0 Å². The summed E-state index contributed by atoms with van der Waals surface area (Å²) in [6.45, 7) is 0. The minimum absolute atomic E-state index is 0.101. The van der Waals surface area contributed by atoms with Gasteiger partial charge in [0.1, 0.15) is 0 Å². The van der Waals surface area contributed by atoms with Gasteiger partial charge in [0.15, 0.2) is 0 Å². The van der Waals surface area contributed by atoms with Gasteiger partial charge in [-0.25, -0.2) is 0 Å². The number of hydrogen-bond acceptors (Lipinski definition) is 6. The summed E-state index contributed by atoms with van der Waals surface area (Å²) in [5.74, 6) is -0.451. The highest BCUT2D eigenvalue weighted by Gasteiger charge is 2.35. The molecule has 1 aliphatic rings. The van der Waals surface area contributed by atoms with E-state index in [1.165, 1.54) is 14.2 Å². The quantitative estimate of drug-likeness (QED) is 0.192. The summed E-state index contributed by atoms with van der Waals surface area (Å²) in [5.41, 5.74) is 0. The Kier molecular flexibility index (Phi) is 14.6. The topological polar surface area (TPSA) is 98.8 Å². The molecule has 2 atom stereocenters. The van der Waals surface area contributed by atoms with Crippen LogP contribution in [0.3, 0.4) is 0 Å². The van der Waals surface area contributed by atoms with E-state index in [1.807, 2.05) is 0 Å². The lowest BCUT2D eigenvalue weighted by atomic mass is 9.82. The summed E-state index contributed by atoms with van der Waals surface area (Å²) in [7, 11) is 2.83. The SMILES string of the molecule is COC(=O)CCCCCCCCC(CCCCCCCC(=O)OC)C1CC(=O)NC1=O. The Morgan fingerprint density at radius 3 is 1.58 bits per heavy atom. The lowest BCUT2D eigenvalue weighted by Crippen LogP contribution is -2.26. The van der Waals surface area contributed by atoms with E-state index in [2.05, 4.69) is 14.8 Å². The summed E-state index contributed by atoms with van der Waals surface area (Å²) in [4.78, 5) is 46.0. The zero-order valence-electron chi connectivity index (χ0n) is 19.4. The van der Waals surface area contributed by atoms with Crippen LogP contribution in [0.15, 0.2) is 0 Å². The summed E-state index contributed by atoms with van der Waals surface area (Å²) >= 11 is 0. The van der Waals surface area contributed by atoms with Crippen LogP contribution in [0.4, 0.5) is 0 Å². The number of rotatable bonds is 18. The number of methoxy groups -OCH3 is 2. The van der Waals surface area contributed by atoms with E-state index in [0.29, 0.717) is 19.3 Å². The number of carbonyl (C=O) groups excluding carboxylic acids is 4. The number of hydrogen-bond donors (Lipinski definition) is 1. The van der Waals surface area contributed by atoms with Crippen molar-refractivity contribution in [2.75, 3.05) is 14.2 Å². The maximum atomic E-state index is 12.2. The lowest BCUT2D eigenvalue weighted by molar-refractivity contribution is -0.141. The van der Waals surface area contributed by atoms with Crippen molar-refractivity contribution in [3.05, 3.63) is 0 Å². The van der Waals surface area contributed by atoms with Crippen molar-refractivity contribution in [1.29, 1.82) is 0 Å². The first-order valence-electron chi connectivity index (χ1n) is 11.9. The van der Waals surface area contributed by atoms with E-state index in [9.17, 15) is 19.2 Å².